The molecule has 0 aromatic carbocycles. The molecule has 0 aromatic rings. The zero-order valence-electron chi connectivity index (χ0n) is 10.0. The van der Waals surface area contributed by atoms with Crippen molar-refractivity contribution in [3.63, 3.8) is 0 Å². The molecule has 0 spiro atoms. The fraction of sp³-hybridized carbons (Fsp3) is 0.750. The Hall–Kier alpha value is -0.870. The quantitative estimate of drug-likeness (QED) is 0.551. The molecule has 0 fully saturated rings. The highest BCUT2D eigenvalue weighted by Gasteiger charge is 2.26. The first-order valence-corrected chi connectivity index (χ1v) is 5.68. The van der Waals surface area contributed by atoms with Gasteiger partial charge < -0.3 is 15.3 Å². The van der Waals surface area contributed by atoms with Crippen LogP contribution in [-0.4, -0.2) is 34.0 Å². The topological polar surface area (TPSA) is 77.8 Å². The largest absolute Gasteiger partial charge is 0.478 e. The van der Waals surface area contributed by atoms with E-state index < -0.39 is 12.1 Å². The van der Waals surface area contributed by atoms with Gasteiger partial charge in [0.2, 0.25) is 0 Å². The summed E-state index contributed by atoms with van der Waals surface area (Å²) in [4.78, 5) is 10.7. The van der Waals surface area contributed by atoms with Crippen molar-refractivity contribution in [2.45, 2.75) is 39.2 Å². The number of hydrogen-bond donors (Lipinski definition) is 3. The molecule has 94 valence electrons. The highest BCUT2D eigenvalue weighted by Crippen LogP contribution is 2.24. The zero-order valence-corrected chi connectivity index (χ0v) is 10.0. The SMILES string of the molecule is C=C(C(=O)O)C(O)C(CC)CC(CC)CO. The van der Waals surface area contributed by atoms with Crippen LogP contribution in [0.1, 0.15) is 33.1 Å². The summed E-state index contributed by atoms with van der Waals surface area (Å²) in [6.45, 7) is 7.30. The summed E-state index contributed by atoms with van der Waals surface area (Å²) in [5, 5.41) is 27.6. The third-order valence-electron chi connectivity index (χ3n) is 3.07. The molecular weight excluding hydrogens is 208 g/mol. The number of aliphatic carboxylic acids is 1. The van der Waals surface area contributed by atoms with E-state index in [9.17, 15) is 9.90 Å². The van der Waals surface area contributed by atoms with Gasteiger partial charge in [0, 0.05) is 6.61 Å². The molecule has 0 aliphatic heterocycles. The van der Waals surface area contributed by atoms with E-state index in [-0.39, 0.29) is 24.0 Å². The lowest BCUT2D eigenvalue weighted by Crippen LogP contribution is -2.28. The predicted molar refractivity (Wildman–Crippen MR) is 62.0 cm³/mol. The molecule has 0 radical (unpaired) electrons. The Morgan fingerprint density at radius 2 is 1.88 bits per heavy atom. The molecule has 4 heteroatoms. The molecule has 3 unspecified atom stereocenters. The Kier molecular flexibility index (Phi) is 7.01. The molecule has 0 rings (SSSR count). The molecule has 0 aromatic heterocycles. The molecule has 3 atom stereocenters. The monoisotopic (exact) mass is 230 g/mol. The fourth-order valence-corrected chi connectivity index (χ4v) is 1.73. The first-order valence-electron chi connectivity index (χ1n) is 5.68. The van der Waals surface area contributed by atoms with Crippen molar-refractivity contribution in [2.24, 2.45) is 11.8 Å². The van der Waals surface area contributed by atoms with Crippen LogP contribution < -0.4 is 0 Å². The summed E-state index contributed by atoms with van der Waals surface area (Å²) < 4.78 is 0. The Morgan fingerprint density at radius 3 is 2.19 bits per heavy atom. The van der Waals surface area contributed by atoms with E-state index in [0.717, 1.165) is 6.42 Å². The number of carbonyl (C=O) groups is 1. The first kappa shape index (κ1) is 15.1. The Bertz CT molecular complexity index is 233. The van der Waals surface area contributed by atoms with Gasteiger partial charge in [0.05, 0.1) is 11.7 Å². The summed E-state index contributed by atoms with van der Waals surface area (Å²) in [6, 6.07) is 0. The minimum atomic E-state index is -1.16. The van der Waals surface area contributed by atoms with Gasteiger partial charge >= 0.3 is 5.97 Å². The van der Waals surface area contributed by atoms with Crippen molar-refractivity contribution >= 4 is 5.97 Å². The average Bonchev–Trinajstić information content (AvgIpc) is 2.29. The second kappa shape index (κ2) is 7.41. The molecule has 0 aliphatic rings. The number of aliphatic hydroxyl groups is 2. The lowest BCUT2D eigenvalue weighted by atomic mass is 9.85. The number of carboxylic acid groups (broad SMARTS) is 1. The maximum Gasteiger partial charge on any atom is 0.333 e. The molecule has 0 amide bonds. The van der Waals surface area contributed by atoms with Gasteiger partial charge in [-0.2, -0.15) is 0 Å². The number of rotatable bonds is 8. The third kappa shape index (κ3) is 4.33. The Labute approximate surface area is 96.6 Å². The van der Waals surface area contributed by atoms with Gasteiger partial charge in [-0.15, -0.1) is 0 Å². The number of carboxylic acids is 1. The van der Waals surface area contributed by atoms with Crippen LogP contribution in [0, 0.1) is 11.8 Å². The number of aliphatic hydroxyl groups excluding tert-OH is 2. The molecule has 3 N–H and O–H groups in total. The van der Waals surface area contributed by atoms with Crippen LogP contribution in [-0.2, 0) is 4.79 Å². The van der Waals surface area contributed by atoms with Crippen LogP contribution in [0.3, 0.4) is 0 Å². The van der Waals surface area contributed by atoms with E-state index in [4.69, 9.17) is 10.2 Å². The lowest BCUT2D eigenvalue weighted by Gasteiger charge is -2.25. The summed E-state index contributed by atoms with van der Waals surface area (Å²) in [7, 11) is 0. The van der Waals surface area contributed by atoms with Gasteiger partial charge in [-0.25, -0.2) is 4.79 Å². The molecule has 4 nitrogen and oxygen atoms in total. The minimum Gasteiger partial charge on any atom is -0.478 e. The lowest BCUT2D eigenvalue weighted by molar-refractivity contribution is -0.134. The normalized spacial score (nSPS) is 16.5. The van der Waals surface area contributed by atoms with Gasteiger partial charge in [-0.1, -0.05) is 33.3 Å². The molecule has 0 saturated heterocycles. The molecule has 0 aliphatic carbocycles. The molecule has 16 heavy (non-hydrogen) atoms. The molecule has 0 bridgehead atoms. The van der Waals surface area contributed by atoms with E-state index >= 15 is 0 Å². The highest BCUT2D eigenvalue weighted by molar-refractivity contribution is 5.86. The van der Waals surface area contributed by atoms with E-state index in [2.05, 4.69) is 6.58 Å². The predicted octanol–water partition coefficient (Wildman–Crippen LogP) is 1.42. The maximum atomic E-state index is 10.7. The van der Waals surface area contributed by atoms with Crippen LogP contribution in [0.5, 0.6) is 0 Å². The minimum absolute atomic E-state index is 0.0687. The van der Waals surface area contributed by atoms with Crippen LogP contribution in [0.4, 0.5) is 0 Å². The van der Waals surface area contributed by atoms with Gasteiger partial charge in [0.25, 0.3) is 0 Å². The van der Waals surface area contributed by atoms with Crippen molar-refractivity contribution in [3.8, 4) is 0 Å². The first-order chi connectivity index (χ1) is 7.47. The molecule has 0 saturated carbocycles. The van der Waals surface area contributed by atoms with Crippen molar-refractivity contribution < 1.29 is 20.1 Å². The van der Waals surface area contributed by atoms with Crippen LogP contribution in [0.25, 0.3) is 0 Å². The van der Waals surface area contributed by atoms with Crippen molar-refractivity contribution in [1.29, 1.82) is 0 Å². The van der Waals surface area contributed by atoms with E-state index in [1.807, 2.05) is 13.8 Å². The van der Waals surface area contributed by atoms with Crippen LogP contribution in [0.2, 0.25) is 0 Å². The maximum absolute atomic E-state index is 10.7. The summed E-state index contributed by atoms with van der Waals surface area (Å²) in [6.07, 6.45) is 1.09. The molecule has 0 heterocycles. The third-order valence-corrected chi connectivity index (χ3v) is 3.07. The average molecular weight is 230 g/mol. The Balaban J connectivity index is 4.48. The Morgan fingerprint density at radius 1 is 1.31 bits per heavy atom. The second-order valence-corrected chi connectivity index (χ2v) is 4.14. The highest BCUT2D eigenvalue weighted by atomic mass is 16.4. The fourth-order valence-electron chi connectivity index (χ4n) is 1.73. The summed E-state index contributed by atoms with van der Waals surface area (Å²) in [5.41, 5.74) is -0.167. The van der Waals surface area contributed by atoms with Crippen LogP contribution >= 0.6 is 0 Å². The van der Waals surface area contributed by atoms with Crippen molar-refractivity contribution in [3.05, 3.63) is 12.2 Å². The standard InChI is InChI=1S/C12H22O4/c1-4-9(7-13)6-10(5-2)11(14)8(3)12(15)16/h9-11,13-14H,3-7H2,1-2H3,(H,15,16). The van der Waals surface area contributed by atoms with Gasteiger partial charge in [0.15, 0.2) is 0 Å². The summed E-state index contributed by atoms with van der Waals surface area (Å²) in [5.74, 6) is -1.20. The number of hydrogen-bond acceptors (Lipinski definition) is 3. The second-order valence-electron chi connectivity index (χ2n) is 4.14. The van der Waals surface area contributed by atoms with Gasteiger partial charge in [-0.3, -0.25) is 0 Å². The van der Waals surface area contributed by atoms with E-state index in [0.29, 0.717) is 12.8 Å². The van der Waals surface area contributed by atoms with E-state index in [1.54, 1.807) is 0 Å². The van der Waals surface area contributed by atoms with Crippen LogP contribution in [0.15, 0.2) is 12.2 Å². The molecular formula is C12H22O4. The smallest absolute Gasteiger partial charge is 0.333 e. The van der Waals surface area contributed by atoms with Gasteiger partial charge in [-0.05, 0) is 18.3 Å². The van der Waals surface area contributed by atoms with Gasteiger partial charge in [0.1, 0.15) is 0 Å². The van der Waals surface area contributed by atoms with Crippen molar-refractivity contribution in [1.82, 2.24) is 0 Å². The van der Waals surface area contributed by atoms with E-state index in [1.165, 1.54) is 0 Å². The zero-order chi connectivity index (χ0) is 12.7. The van der Waals surface area contributed by atoms with Crippen molar-refractivity contribution in [2.75, 3.05) is 6.61 Å². The summed E-state index contributed by atoms with van der Waals surface area (Å²) >= 11 is 0.